The molecule has 0 atom stereocenters. The molecule has 0 aliphatic carbocycles. The molecule has 1 aromatic heterocycles. The van der Waals surface area contributed by atoms with E-state index in [1.54, 1.807) is 0 Å². The summed E-state index contributed by atoms with van der Waals surface area (Å²) in [5.74, 6) is 1.04. The lowest BCUT2D eigenvalue weighted by atomic mass is 10.2. The van der Waals surface area contributed by atoms with Gasteiger partial charge in [-0.05, 0) is 26.1 Å². The Bertz CT molecular complexity index is 421. The number of rotatable bonds is 2. The fourth-order valence-electron chi connectivity index (χ4n) is 2.00. The van der Waals surface area contributed by atoms with E-state index in [9.17, 15) is 0 Å². The van der Waals surface area contributed by atoms with Gasteiger partial charge in [0.15, 0.2) is 0 Å². The number of hydrogen-bond acceptors (Lipinski definition) is 4. The second kappa shape index (κ2) is 4.71. The SMILES string of the molecule is Cc1cc(C(=N)N)cc(N2CCN(C)CC2)n1. The molecule has 5 nitrogen and oxygen atoms in total. The van der Waals surface area contributed by atoms with E-state index in [-0.39, 0.29) is 5.84 Å². The minimum absolute atomic E-state index is 0.103. The summed E-state index contributed by atoms with van der Waals surface area (Å²) < 4.78 is 0. The molecule has 2 heterocycles. The smallest absolute Gasteiger partial charge is 0.129 e. The first kappa shape index (κ1) is 11.9. The van der Waals surface area contributed by atoms with E-state index >= 15 is 0 Å². The number of hydrogen-bond donors (Lipinski definition) is 2. The summed E-state index contributed by atoms with van der Waals surface area (Å²) in [7, 11) is 2.13. The van der Waals surface area contributed by atoms with E-state index in [1.807, 2.05) is 19.1 Å². The van der Waals surface area contributed by atoms with Crippen LogP contribution in [0.5, 0.6) is 0 Å². The minimum Gasteiger partial charge on any atom is -0.384 e. The predicted molar refractivity (Wildman–Crippen MR) is 69.7 cm³/mol. The Balaban J connectivity index is 2.23. The molecule has 0 bridgehead atoms. The van der Waals surface area contributed by atoms with Gasteiger partial charge in [0.1, 0.15) is 11.7 Å². The summed E-state index contributed by atoms with van der Waals surface area (Å²) in [5, 5.41) is 7.50. The highest BCUT2D eigenvalue weighted by Gasteiger charge is 2.16. The molecule has 1 aliphatic rings. The number of nitrogen functional groups attached to an aromatic ring is 1. The summed E-state index contributed by atoms with van der Waals surface area (Å²) in [5.41, 5.74) is 7.20. The van der Waals surface area contributed by atoms with Crippen molar-refractivity contribution in [3.63, 3.8) is 0 Å². The molecular weight excluding hydrogens is 214 g/mol. The van der Waals surface area contributed by atoms with Crippen molar-refractivity contribution in [3.8, 4) is 0 Å². The van der Waals surface area contributed by atoms with Gasteiger partial charge in [0.05, 0.1) is 0 Å². The molecule has 17 heavy (non-hydrogen) atoms. The molecule has 1 saturated heterocycles. The number of aromatic nitrogens is 1. The Morgan fingerprint density at radius 2 is 1.94 bits per heavy atom. The fourth-order valence-corrected chi connectivity index (χ4v) is 2.00. The first-order valence-corrected chi connectivity index (χ1v) is 5.83. The van der Waals surface area contributed by atoms with Crippen molar-refractivity contribution >= 4 is 11.7 Å². The summed E-state index contributed by atoms with van der Waals surface area (Å²) >= 11 is 0. The number of aryl methyl sites for hydroxylation is 1. The Kier molecular flexibility index (Phi) is 3.28. The maximum atomic E-state index is 7.50. The molecule has 5 heteroatoms. The lowest BCUT2D eigenvalue weighted by Crippen LogP contribution is -2.44. The molecule has 0 amide bonds. The van der Waals surface area contributed by atoms with E-state index in [0.29, 0.717) is 0 Å². The van der Waals surface area contributed by atoms with Crippen molar-refractivity contribution in [1.82, 2.24) is 9.88 Å². The number of piperazine rings is 1. The number of amidine groups is 1. The van der Waals surface area contributed by atoms with E-state index in [2.05, 4.69) is 21.8 Å². The third-order valence-electron chi connectivity index (χ3n) is 3.08. The topological polar surface area (TPSA) is 69.2 Å². The van der Waals surface area contributed by atoms with Crippen LogP contribution in [0.2, 0.25) is 0 Å². The van der Waals surface area contributed by atoms with Crippen molar-refractivity contribution in [1.29, 1.82) is 5.41 Å². The van der Waals surface area contributed by atoms with Crippen molar-refractivity contribution in [2.75, 3.05) is 38.1 Å². The lowest BCUT2D eigenvalue weighted by Gasteiger charge is -2.33. The highest BCUT2D eigenvalue weighted by molar-refractivity contribution is 5.95. The summed E-state index contributed by atoms with van der Waals surface area (Å²) in [4.78, 5) is 9.07. The van der Waals surface area contributed by atoms with E-state index < -0.39 is 0 Å². The van der Waals surface area contributed by atoms with Crippen molar-refractivity contribution in [2.45, 2.75) is 6.92 Å². The fraction of sp³-hybridized carbons (Fsp3) is 0.500. The van der Waals surface area contributed by atoms with Crippen LogP contribution in [0, 0.1) is 12.3 Å². The number of nitrogens with one attached hydrogen (secondary N) is 1. The zero-order valence-electron chi connectivity index (χ0n) is 10.4. The highest BCUT2D eigenvalue weighted by Crippen LogP contribution is 2.16. The van der Waals surface area contributed by atoms with Gasteiger partial charge in [-0.2, -0.15) is 0 Å². The van der Waals surface area contributed by atoms with Crippen molar-refractivity contribution in [3.05, 3.63) is 23.4 Å². The average Bonchev–Trinajstić information content (AvgIpc) is 2.29. The first-order chi connectivity index (χ1) is 8.06. The van der Waals surface area contributed by atoms with Gasteiger partial charge in [-0.25, -0.2) is 4.98 Å². The van der Waals surface area contributed by atoms with Gasteiger partial charge >= 0.3 is 0 Å². The van der Waals surface area contributed by atoms with Crippen LogP contribution >= 0.6 is 0 Å². The Labute approximate surface area is 102 Å². The molecule has 0 radical (unpaired) electrons. The van der Waals surface area contributed by atoms with E-state index in [1.165, 1.54) is 0 Å². The number of anilines is 1. The third-order valence-corrected chi connectivity index (χ3v) is 3.08. The lowest BCUT2D eigenvalue weighted by molar-refractivity contribution is 0.312. The van der Waals surface area contributed by atoms with Gasteiger partial charge in [-0.15, -0.1) is 0 Å². The van der Waals surface area contributed by atoms with Gasteiger partial charge in [0.25, 0.3) is 0 Å². The Morgan fingerprint density at radius 3 is 2.53 bits per heavy atom. The largest absolute Gasteiger partial charge is 0.384 e. The quantitative estimate of drug-likeness (QED) is 0.574. The molecule has 0 aromatic carbocycles. The highest BCUT2D eigenvalue weighted by atomic mass is 15.3. The maximum absolute atomic E-state index is 7.50. The minimum atomic E-state index is 0.103. The van der Waals surface area contributed by atoms with Crippen LogP contribution in [0.4, 0.5) is 5.82 Å². The first-order valence-electron chi connectivity index (χ1n) is 5.83. The number of pyridine rings is 1. The van der Waals surface area contributed by atoms with Crippen LogP contribution < -0.4 is 10.6 Å². The van der Waals surface area contributed by atoms with Gasteiger partial charge in [0, 0.05) is 37.4 Å². The van der Waals surface area contributed by atoms with Gasteiger partial charge in [0.2, 0.25) is 0 Å². The van der Waals surface area contributed by atoms with Crippen LogP contribution in [-0.2, 0) is 0 Å². The standard InChI is InChI=1S/C12H19N5/c1-9-7-10(12(13)14)8-11(15-9)17-5-3-16(2)4-6-17/h7-8H,3-6H2,1-2H3,(H3,13,14). The third kappa shape index (κ3) is 2.74. The van der Waals surface area contributed by atoms with E-state index in [0.717, 1.165) is 43.3 Å². The molecule has 1 fully saturated rings. The predicted octanol–water partition coefficient (Wildman–Crippen LogP) is 0.426. The molecule has 1 aromatic rings. The summed E-state index contributed by atoms with van der Waals surface area (Å²) in [6.07, 6.45) is 0. The zero-order chi connectivity index (χ0) is 12.4. The molecule has 0 unspecified atom stereocenters. The van der Waals surface area contributed by atoms with Crippen LogP contribution in [0.3, 0.4) is 0 Å². The number of nitrogens with two attached hydrogens (primary N) is 1. The van der Waals surface area contributed by atoms with Crippen LogP contribution in [0.25, 0.3) is 0 Å². The van der Waals surface area contributed by atoms with Crippen molar-refractivity contribution < 1.29 is 0 Å². The number of likely N-dealkylation sites (N-methyl/N-ethyl adjacent to an activating group) is 1. The molecule has 0 saturated carbocycles. The van der Waals surface area contributed by atoms with Crippen LogP contribution in [0.1, 0.15) is 11.3 Å². The van der Waals surface area contributed by atoms with E-state index in [4.69, 9.17) is 11.1 Å². The van der Waals surface area contributed by atoms with Crippen molar-refractivity contribution in [2.24, 2.45) is 5.73 Å². The molecule has 0 spiro atoms. The molecular formula is C12H19N5. The normalized spacial score (nSPS) is 17.2. The molecule has 2 rings (SSSR count). The van der Waals surface area contributed by atoms with Gasteiger partial charge < -0.3 is 15.5 Å². The maximum Gasteiger partial charge on any atom is 0.129 e. The average molecular weight is 233 g/mol. The second-order valence-electron chi connectivity index (χ2n) is 4.56. The Hall–Kier alpha value is -1.62. The molecule has 3 N–H and O–H groups in total. The Morgan fingerprint density at radius 1 is 1.29 bits per heavy atom. The molecule has 1 aliphatic heterocycles. The second-order valence-corrected chi connectivity index (χ2v) is 4.56. The van der Waals surface area contributed by atoms with Gasteiger partial charge in [-0.1, -0.05) is 0 Å². The van der Waals surface area contributed by atoms with Gasteiger partial charge in [-0.3, -0.25) is 5.41 Å². The monoisotopic (exact) mass is 233 g/mol. The summed E-state index contributed by atoms with van der Waals surface area (Å²) in [6, 6.07) is 3.75. The van der Waals surface area contributed by atoms with Crippen LogP contribution in [-0.4, -0.2) is 48.9 Å². The summed E-state index contributed by atoms with van der Waals surface area (Å²) in [6.45, 7) is 5.98. The molecule has 92 valence electrons. The zero-order valence-corrected chi connectivity index (χ0v) is 10.4. The number of nitrogens with zero attached hydrogens (tertiary/aromatic N) is 3. The van der Waals surface area contributed by atoms with Crippen LogP contribution in [0.15, 0.2) is 12.1 Å².